The Hall–Kier alpha value is -2.94. The molecule has 7 nitrogen and oxygen atoms in total. The number of hydrogen-bond donors (Lipinski definition) is 1. The molecule has 0 bridgehead atoms. The first-order valence-electron chi connectivity index (χ1n) is 9.14. The molecule has 0 saturated heterocycles. The lowest BCUT2D eigenvalue weighted by Gasteiger charge is -2.11. The molecule has 1 N–H and O–H groups in total. The van der Waals surface area contributed by atoms with E-state index >= 15 is 0 Å². The Morgan fingerprint density at radius 1 is 1.10 bits per heavy atom. The van der Waals surface area contributed by atoms with Crippen molar-refractivity contribution in [2.45, 2.75) is 18.0 Å². The Kier molecular flexibility index (Phi) is 5.72. The first-order valence-corrected chi connectivity index (χ1v) is 11.0. The first-order chi connectivity index (χ1) is 14.5. The maximum Gasteiger partial charge on any atom is 0.241 e. The van der Waals surface area contributed by atoms with E-state index < -0.39 is 10.0 Å². The number of sulfonamides is 1. The molecular weight excluding hydrogens is 424 g/mol. The van der Waals surface area contributed by atoms with Crippen LogP contribution in [0.15, 0.2) is 71.8 Å². The molecule has 0 amide bonds. The van der Waals surface area contributed by atoms with E-state index in [9.17, 15) is 8.42 Å². The molecule has 0 aliphatic carbocycles. The molecule has 4 rings (SSSR count). The lowest BCUT2D eigenvalue weighted by Crippen LogP contribution is -2.25. The van der Waals surface area contributed by atoms with Gasteiger partial charge in [0.15, 0.2) is 5.65 Å². The minimum Gasteiger partial charge on any atom is -0.497 e. The van der Waals surface area contributed by atoms with E-state index in [0.29, 0.717) is 28.6 Å². The summed E-state index contributed by atoms with van der Waals surface area (Å²) < 4.78 is 35.1. The maximum atomic E-state index is 12.7. The Bertz CT molecular complexity index is 1290. The van der Waals surface area contributed by atoms with Crippen LogP contribution >= 0.6 is 11.6 Å². The third-order valence-electron chi connectivity index (χ3n) is 4.61. The summed E-state index contributed by atoms with van der Waals surface area (Å²) in [4.78, 5) is 9.11. The molecule has 4 aromatic rings. The molecule has 2 aromatic carbocycles. The van der Waals surface area contributed by atoms with Crippen molar-refractivity contribution in [2.24, 2.45) is 0 Å². The van der Waals surface area contributed by atoms with E-state index in [2.05, 4.69) is 14.7 Å². The molecule has 0 atom stereocenters. The number of fused-ring (bicyclic) bond motifs is 1. The fourth-order valence-electron chi connectivity index (χ4n) is 3.10. The molecule has 0 unspecified atom stereocenters. The molecule has 0 spiro atoms. The summed E-state index contributed by atoms with van der Waals surface area (Å²) in [5.41, 5.74) is 2.40. The van der Waals surface area contributed by atoms with Crippen LogP contribution in [0.2, 0.25) is 5.02 Å². The van der Waals surface area contributed by atoms with E-state index in [1.807, 2.05) is 34.9 Å². The van der Waals surface area contributed by atoms with Crippen molar-refractivity contribution in [3.05, 3.63) is 83.3 Å². The van der Waals surface area contributed by atoms with Crippen molar-refractivity contribution in [1.29, 1.82) is 0 Å². The van der Waals surface area contributed by atoms with Gasteiger partial charge in [-0.05, 0) is 48.0 Å². The molecule has 2 heterocycles. The summed E-state index contributed by atoms with van der Waals surface area (Å²) in [6.45, 7) is 0.507. The van der Waals surface area contributed by atoms with Crippen molar-refractivity contribution < 1.29 is 13.2 Å². The van der Waals surface area contributed by atoms with Gasteiger partial charge in [-0.15, -0.1) is 0 Å². The highest BCUT2D eigenvalue weighted by Gasteiger charge is 2.18. The number of pyridine rings is 1. The first kappa shape index (κ1) is 20.3. The predicted octanol–water partition coefficient (Wildman–Crippen LogP) is 3.62. The molecular formula is C21H19ClN4O3S. The molecule has 0 aliphatic heterocycles. The molecule has 0 aliphatic rings. The molecule has 0 saturated carbocycles. The number of halogens is 1. The van der Waals surface area contributed by atoms with Gasteiger partial charge in [-0.25, -0.2) is 23.1 Å². The second-order valence-electron chi connectivity index (χ2n) is 6.59. The SMILES string of the molecule is COc1ccc(Cn2c(CNS(=O)(=O)c3cccc(Cl)c3)nc3cccnc32)cc1. The number of imidazole rings is 1. The predicted molar refractivity (Wildman–Crippen MR) is 115 cm³/mol. The smallest absolute Gasteiger partial charge is 0.241 e. The van der Waals surface area contributed by atoms with Gasteiger partial charge in [0.2, 0.25) is 10.0 Å². The number of benzene rings is 2. The monoisotopic (exact) mass is 442 g/mol. The highest BCUT2D eigenvalue weighted by atomic mass is 35.5. The highest BCUT2D eigenvalue weighted by Crippen LogP contribution is 2.19. The zero-order valence-corrected chi connectivity index (χ0v) is 17.7. The van der Waals surface area contributed by atoms with Gasteiger partial charge in [0.1, 0.15) is 17.1 Å². The topological polar surface area (TPSA) is 86.1 Å². The van der Waals surface area contributed by atoms with Crippen LogP contribution in [-0.4, -0.2) is 30.1 Å². The summed E-state index contributed by atoms with van der Waals surface area (Å²) in [5.74, 6) is 1.33. The summed E-state index contributed by atoms with van der Waals surface area (Å²) in [6.07, 6.45) is 1.69. The molecule has 0 radical (unpaired) electrons. The van der Waals surface area contributed by atoms with Crippen LogP contribution in [0, 0.1) is 0 Å². The van der Waals surface area contributed by atoms with Crippen LogP contribution in [-0.2, 0) is 23.1 Å². The average molecular weight is 443 g/mol. The van der Waals surface area contributed by atoms with Gasteiger partial charge >= 0.3 is 0 Å². The third-order valence-corrected chi connectivity index (χ3v) is 6.24. The van der Waals surface area contributed by atoms with E-state index in [-0.39, 0.29) is 11.4 Å². The molecule has 30 heavy (non-hydrogen) atoms. The Labute approximate surface area is 179 Å². The van der Waals surface area contributed by atoms with E-state index in [4.69, 9.17) is 16.3 Å². The van der Waals surface area contributed by atoms with Crippen LogP contribution in [0.3, 0.4) is 0 Å². The third kappa shape index (κ3) is 4.30. The summed E-state index contributed by atoms with van der Waals surface area (Å²) in [6, 6.07) is 17.4. The lowest BCUT2D eigenvalue weighted by molar-refractivity contribution is 0.414. The number of aromatic nitrogens is 3. The number of ether oxygens (including phenoxy) is 1. The number of methoxy groups -OCH3 is 1. The standard InChI is InChI=1S/C21H19ClN4O3S/c1-29-17-9-7-15(8-10-17)14-26-20(25-19-6-3-11-23-21(19)26)13-24-30(27,28)18-5-2-4-16(22)12-18/h2-12,24H,13-14H2,1H3. The molecule has 2 aromatic heterocycles. The zero-order valence-electron chi connectivity index (χ0n) is 16.1. The van der Waals surface area contributed by atoms with E-state index in [1.165, 1.54) is 12.1 Å². The van der Waals surface area contributed by atoms with Crippen LogP contribution in [0.5, 0.6) is 5.75 Å². The van der Waals surface area contributed by atoms with E-state index in [0.717, 1.165) is 11.3 Å². The van der Waals surface area contributed by atoms with Gasteiger partial charge in [0, 0.05) is 11.2 Å². The van der Waals surface area contributed by atoms with Crippen LogP contribution < -0.4 is 9.46 Å². The van der Waals surface area contributed by atoms with Crippen molar-refractivity contribution in [2.75, 3.05) is 7.11 Å². The van der Waals surface area contributed by atoms with Gasteiger partial charge in [-0.3, -0.25) is 0 Å². The maximum absolute atomic E-state index is 12.7. The summed E-state index contributed by atoms with van der Waals surface area (Å²) in [7, 11) is -2.12. The largest absolute Gasteiger partial charge is 0.497 e. The van der Waals surface area contributed by atoms with Crippen molar-refractivity contribution in [3.8, 4) is 5.75 Å². The van der Waals surface area contributed by atoms with Crippen LogP contribution in [0.25, 0.3) is 11.2 Å². The average Bonchev–Trinajstić information content (AvgIpc) is 3.10. The zero-order chi connectivity index (χ0) is 21.1. The highest BCUT2D eigenvalue weighted by molar-refractivity contribution is 7.89. The number of nitrogens with zero attached hydrogens (tertiary/aromatic N) is 3. The van der Waals surface area contributed by atoms with Gasteiger partial charge in [0.25, 0.3) is 0 Å². The van der Waals surface area contributed by atoms with Crippen molar-refractivity contribution in [1.82, 2.24) is 19.3 Å². The van der Waals surface area contributed by atoms with Gasteiger partial charge in [0.05, 0.1) is 25.1 Å². The van der Waals surface area contributed by atoms with Crippen LogP contribution in [0.1, 0.15) is 11.4 Å². The molecule has 0 fully saturated rings. The van der Waals surface area contributed by atoms with Crippen LogP contribution in [0.4, 0.5) is 0 Å². The second kappa shape index (κ2) is 8.43. The number of nitrogens with one attached hydrogen (secondary N) is 1. The summed E-state index contributed by atoms with van der Waals surface area (Å²) >= 11 is 5.93. The quantitative estimate of drug-likeness (QED) is 0.472. The van der Waals surface area contributed by atoms with E-state index in [1.54, 1.807) is 31.5 Å². The number of hydrogen-bond acceptors (Lipinski definition) is 5. The van der Waals surface area contributed by atoms with Gasteiger partial charge in [-0.2, -0.15) is 0 Å². The molecule has 9 heteroatoms. The molecule has 154 valence electrons. The minimum atomic E-state index is -3.74. The van der Waals surface area contributed by atoms with Gasteiger partial charge in [-0.1, -0.05) is 29.8 Å². The fraction of sp³-hybridized carbons (Fsp3) is 0.143. The minimum absolute atomic E-state index is 0.0152. The lowest BCUT2D eigenvalue weighted by atomic mass is 10.2. The normalized spacial score (nSPS) is 11.7. The van der Waals surface area contributed by atoms with Crippen molar-refractivity contribution >= 4 is 32.8 Å². The Morgan fingerprint density at radius 3 is 2.63 bits per heavy atom. The second-order valence-corrected chi connectivity index (χ2v) is 8.79. The van der Waals surface area contributed by atoms with Crippen molar-refractivity contribution in [3.63, 3.8) is 0 Å². The number of rotatable bonds is 7. The Balaban J connectivity index is 1.64. The Morgan fingerprint density at radius 2 is 1.90 bits per heavy atom. The van der Waals surface area contributed by atoms with Gasteiger partial charge < -0.3 is 9.30 Å². The summed E-state index contributed by atoms with van der Waals surface area (Å²) in [5, 5.41) is 0.355. The fourth-order valence-corrected chi connectivity index (χ4v) is 4.38.